The molecule has 0 radical (unpaired) electrons. The highest BCUT2D eigenvalue weighted by molar-refractivity contribution is 5.92. The van der Waals surface area contributed by atoms with Crippen LogP contribution in [-0.2, 0) is 9.59 Å². The molecule has 0 bridgehead atoms. The van der Waals surface area contributed by atoms with Crippen LogP contribution in [0.3, 0.4) is 0 Å². The van der Waals surface area contributed by atoms with Crippen molar-refractivity contribution in [3.05, 3.63) is 24.3 Å². The molecular formula is C20H29N3O3. The fourth-order valence-electron chi connectivity index (χ4n) is 3.49. The molecule has 142 valence electrons. The summed E-state index contributed by atoms with van der Waals surface area (Å²) in [5.74, 6) is 1.19. The van der Waals surface area contributed by atoms with Gasteiger partial charge < -0.3 is 19.9 Å². The lowest BCUT2D eigenvalue weighted by Crippen LogP contribution is -2.49. The number of para-hydroxylation sites is 2. The van der Waals surface area contributed by atoms with Gasteiger partial charge in [-0.3, -0.25) is 9.59 Å². The third kappa shape index (κ3) is 4.11. The van der Waals surface area contributed by atoms with E-state index in [9.17, 15) is 9.59 Å². The minimum Gasteiger partial charge on any atom is -0.495 e. The Labute approximate surface area is 155 Å². The van der Waals surface area contributed by atoms with Crippen LogP contribution in [0.15, 0.2) is 24.3 Å². The van der Waals surface area contributed by atoms with Crippen molar-refractivity contribution in [2.45, 2.75) is 20.3 Å². The Morgan fingerprint density at radius 3 is 2.50 bits per heavy atom. The van der Waals surface area contributed by atoms with Crippen molar-refractivity contribution in [3.8, 4) is 5.75 Å². The number of hydrogen-bond donors (Lipinski definition) is 1. The molecule has 1 heterocycles. The van der Waals surface area contributed by atoms with Crippen molar-refractivity contribution in [1.82, 2.24) is 10.2 Å². The maximum absolute atomic E-state index is 12.7. The molecule has 0 spiro atoms. The molecule has 6 nitrogen and oxygen atoms in total. The first-order valence-electron chi connectivity index (χ1n) is 9.45. The first-order valence-corrected chi connectivity index (χ1v) is 9.45. The van der Waals surface area contributed by atoms with E-state index in [0.29, 0.717) is 32.0 Å². The summed E-state index contributed by atoms with van der Waals surface area (Å²) in [5.41, 5.74) is 1.07. The van der Waals surface area contributed by atoms with Crippen molar-refractivity contribution in [2.75, 3.05) is 44.7 Å². The second kappa shape index (κ2) is 7.98. The molecule has 6 heteroatoms. The largest absolute Gasteiger partial charge is 0.495 e. The number of nitrogens with zero attached hydrogens (tertiary/aromatic N) is 2. The van der Waals surface area contributed by atoms with Crippen LogP contribution in [0.5, 0.6) is 5.75 Å². The molecule has 3 rings (SSSR count). The molecule has 2 fully saturated rings. The molecule has 26 heavy (non-hydrogen) atoms. The number of rotatable bonds is 6. The molecular weight excluding hydrogens is 330 g/mol. The third-order valence-electron chi connectivity index (χ3n) is 5.15. The molecule has 2 atom stereocenters. The van der Waals surface area contributed by atoms with Crippen molar-refractivity contribution in [2.24, 2.45) is 17.8 Å². The summed E-state index contributed by atoms with van der Waals surface area (Å²) in [6.07, 6.45) is 0.690. The molecule has 2 unspecified atom stereocenters. The lowest BCUT2D eigenvalue weighted by Gasteiger charge is -2.36. The Morgan fingerprint density at radius 1 is 1.15 bits per heavy atom. The molecule has 1 saturated carbocycles. The number of hydrogen-bond acceptors (Lipinski definition) is 4. The summed E-state index contributed by atoms with van der Waals surface area (Å²) in [4.78, 5) is 29.0. The Bertz CT molecular complexity index is 653. The van der Waals surface area contributed by atoms with E-state index in [1.54, 1.807) is 7.11 Å². The molecule has 2 aliphatic rings. The number of methoxy groups -OCH3 is 1. The van der Waals surface area contributed by atoms with Crippen LogP contribution in [-0.4, -0.2) is 56.5 Å². The van der Waals surface area contributed by atoms with Gasteiger partial charge >= 0.3 is 0 Å². The van der Waals surface area contributed by atoms with Gasteiger partial charge in [-0.15, -0.1) is 0 Å². The van der Waals surface area contributed by atoms with Crippen molar-refractivity contribution in [3.63, 3.8) is 0 Å². The van der Waals surface area contributed by atoms with Gasteiger partial charge in [-0.05, 0) is 24.5 Å². The van der Waals surface area contributed by atoms with E-state index in [-0.39, 0.29) is 23.7 Å². The quantitative estimate of drug-likeness (QED) is 0.841. The maximum atomic E-state index is 12.7. The van der Waals surface area contributed by atoms with Crippen LogP contribution in [0.2, 0.25) is 0 Å². The van der Waals surface area contributed by atoms with E-state index >= 15 is 0 Å². The first-order chi connectivity index (χ1) is 12.5. The fourth-order valence-corrected chi connectivity index (χ4v) is 3.49. The molecule has 1 aromatic carbocycles. The summed E-state index contributed by atoms with van der Waals surface area (Å²) < 4.78 is 5.43. The summed E-state index contributed by atoms with van der Waals surface area (Å²) in [5, 5.41) is 2.94. The maximum Gasteiger partial charge on any atom is 0.226 e. The van der Waals surface area contributed by atoms with Gasteiger partial charge in [-0.25, -0.2) is 0 Å². The Kier molecular flexibility index (Phi) is 5.69. The highest BCUT2D eigenvalue weighted by Crippen LogP contribution is 2.40. The number of benzene rings is 1. The predicted octanol–water partition coefficient (Wildman–Crippen LogP) is 1.75. The van der Waals surface area contributed by atoms with Gasteiger partial charge in [0.05, 0.1) is 24.6 Å². The van der Waals surface area contributed by atoms with Gasteiger partial charge in [0.15, 0.2) is 0 Å². The molecule has 1 aliphatic carbocycles. The smallest absolute Gasteiger partial charge is 0.226 e. The summed E-state index contributed by atoms with van der Waals surface area (Å²) in [7, 11) is 1.68. The molecule has 1 aromatic rings. The normalized spacial score (nSPS) is 22.3. The highest BCUT2D eigenvalue weighted by atomic mass is 16.5. The average Bonchev–Trinajstić information content (AvgIpc) is 3.46. The number of carbonyl (C=O) groups is 2. The van der Waals surface area contributed by atoms with Crippen molar-refractivity contribution in [1.29, 1.82) is 0 Å². The van der Waals surface area contributed by atoms with Gasteiger partial charge in [0.2, 0.25) is 11.8 Å². The number of nitrogens with one attached hydrogen (secondary N) is 1. The van der Waals surface area contributed by atoms with Crippen LogP contribution in [0, 0.1) is 17.8 Å². The zero-order chi connectivity index (χ0) is 18.7. The van der Waals surface area contributed by atoms with Crippen molar-refractivity contribution >= 4 is 17.5 Å². The summed E-state index contributed by atoms with van der Waals surface area (Å²) >= 11 is 0. The average molecular weight is 359 g/mol. The van der Waals surface area contributed by atoms with Crippen LogP contribution in [0.25, 0.3) is 0 Å². The van der Waals surface area contributed by atoms with E-state index in [1.807, 2.05) is 29.2 Å². The minimum atomic E-state index is -0.131. The van der Waals surface area contributed by atoms with Crippen LogP contribution >= 0.6 is 0 Å². The van der Waals surface area contributed by atoms with E-state index < -0.39 is 0 Å². The number of piperazine rings is 1. The Hall–Kier alpha value is -2.24. The molecule has 2 amide bonds. The predicted molar refractivity (Wildman–Crippen MR) is 101 cm³/mol. The molecule has 0 aromatic heterocycles. The van der Waals surface area contributed by atoms with E-state index in [4.69, 9.17) is 4.74 Å². The zero-order valence-electron chi connectivity index (χ0n) is 15.9. The number of amides is 2. The molecule has 1 aliphatic heterocycles. The lowest BCUT2D eigenvalue weighted by molar-refractivity contribution is -0.135. The van der Waals surface area contributed by atoms with Gasteiger partial charge in [0, 0.05) is 32.7 Å². The van der Waals surface area contributed by atoms with Gasteiger partial charge in [-0.2, -0.15) is 0 Å². The van der Waals surface area contributed by atoms with Crippen LogP contribution in [0.1, 0.15) is 20.3 Å². The number of anilines is 1. The van der Waals surface area contributed by atoms with Gasteiger partial charge in [0.1, 0.15) is 5.75 Å². The minimum absolute atomic E-state index is 0.0321. The fraction of sp³-hybridized carbons (Fsp3) is 0.600. The summed E-state index contributed by atoms with van der Waals surface area (Å²) in [6.45, 7) is 7.75. The van der Waals surface area contributed by atoms with E-state index in [0.717, 1.165) is 24.5 Å². The standard InChI is InChI=1S/C20H29N3O3/c1-14(2)13-21-19(24)15-12-16(15)20(25)23-10-8-22(9-11-23)17-6-4-5-7-18(17)26-3/h4-7,14-16H,8-13H2,1-3H3,(H,21,24). The van der Waals surface area contributed by atoms with Crippen LogP contribution in [0.4, 0.5) is 5.69 Å². The Balaban J connectivity index is 1.50. The number of carbonyl (C=O) groups excluding carboxylic acids is 2. The highest BCUT2D eigenvalue weighted by Gasteiger charge is 2.49. The van der Waals surface area contributed by atoms with Gasteiger partial charge in [0.25, 0.3) is 0 Å². The monoisotopic (exact) mass is 359 g/mol. The molecule has 1 saturated heterocycles. The van der Waals surface area contributed by atoms with Crippen LogP contribution < -0.4 is 15.0 Å². The second-order valence-electron chi connectivity index (χ2n) is 7.57. The van der Waals surface area contributed by atoms with Crippen molar-refractivity contribution < 1.29 is 14.3 Å². The summed E-state index contributed by atoms with van der Waals surface area (Å²) in [6, 6.07) is 7.96. The second-order valence-corrected chi connectivity index (χ2v) is 7.57. The number of ether oxygens (including phenoxy) is 1. The Morgan fingerprint density at radius 2 is 1.85 bits per heavy atom. The van der Waals surface area contributed by atoms with Gasteiger partial charge in [-0.1, -0.05) is 26.0 Å². The topological polar surface area (TPSA) is 61.9 Å². The molecule has 1 N–H and O–H groups in total. The third-order valence-corrected chi connectivity index (χ3v) is 5.15. The van der Waals surface area contributed by atoms with E-state index in [2.05, 4.69) is 24.1 Å². The van der Waals surface area contributed by atoms with E-state index in [1.165, 1.54) is 0 Å². The lowest BCUT2D eigenvalue weighted by atomic mass is 10.2. The first kappa shape index (κ1) is 18.5. The SMILES string of the molecule is COc1ccccc1N1CCN(C(=O)C2CC2C(=O)NCC(C)C)CC1. The zero-order valence-corrected chi connectivity index (χ0v) is 15.9.